The van der Waals surface area contributed by atoms with Crippen LogP contribution in [0, 0.1) is 22.0 Å². The van der Waals surface area contributed by atoms with Gasteiger partial charge >= 0.3 is 5.97 Å². The van der Waals surface area contributed by atoms with E-state index in [9.17, 15) is 19.7 Å². The quantitative estimate of drug-likeness (QED) is 0.400. The summed E-state index contributed by atoms with van der Waals surface area (Å²) in [6.07, 6.45) is 0.942. The molecule has 8 heteroatoms. The van der Waals surface area contributed by atoms with Gasteiger partial charge in [0, 0.05) is 18.2 Å². The molecular formula is C16H22N2O5S. The number of carboxylic acid groups (broad SMARTS) is 1. The maximum atomic E-state index is 12.0. The Bertz CT molecular complexity index is 618. The minimum Gasteiger partial charge on any atom is -0.481 e. The van der Waals surface area contributed by atoms with Gasteiger partial charge in [0.1, 0.15) is 0 Å². The average Bonchev–Trinajstić information content (AvgIpc) is 2.51. The number of hydrogen-bond donors (Lipinski definition) is 2. The summed E-state index contributed by atoms with van der Waals surface area (Å²) in [5, 5.41) is 22.5. The van der Waals surface area contributed by atoms with Gasteiger partial charge in [0.25, 0.3) is 11.6 Å². The highest BCUT2D eigenvalue weighted by Gasteiger charge is 2.19. The van der Waals surface area contributed by atoms with Gasteiger partial charge in [-0.2, -0.15) is 0 Å². The molecular weight excluding hydrogens is 332 g/mol. The summed E-state index contributed by atoms with van der Waals surface area (Å²) >= 11 is 1.40. The fourth-order valence-corrected chi connectivity index (χ4v) is 3.02. The lowest BCUT2D eigenvalue weighted by atomic mass is 10.1. The highest BCUT2D eigenvalue weighted by Crippen LogP contribution is 2.31. The van der Waals surface area contributed by atoms with Crippen molar-refractivity contribution in [3.05, 3.63) is 33.9 Å². The van der Waals surface area contributed by atoms with E-state index in [-0.39, 0.29) is 17.8 Å². The van der Waals surface area contributed by atoms with E-state index in [4.69, 9.17) is 5.11 Å². The number of hydrogen-bond acceptors (Lipinski definition) is 5. The van der Waals surface area contributed by atoms with E-state index in [1.54, 1.807) is 6.07 Å². The molecule has 0 spiro atoms. The molecule has 1 aromatic rings. The number of carboxylic acids is 1. The van der Waals surface area contributed by atoms with Crippen LogP contribution in [0.25, 0.3) is 0 Å². The number of nitro groups is 1. The van der Waals surface area contributed by atoms with E-state index in [0.717, 1.165) is 12.2 Å². The lowest BCUT2D eigenvalue weighted by Crippen LogP contribution is -2.31. The summed E-state index contributed by atoms with van der Waals surface area (Å²) < 4.78 is 0. The number of amides is 1. The second-order valence-electron chi connectivity index (χ2n) is 5.92. The van der Waals surface area contributed by atoms with Crippen LogP contribution in [0.15, 0.2) is 23.1 Å². The molecule has 1 unspecified atom stereocenters. The minimum atomic E-state index is -1.02. The minimum absolute atomic E-state index is 0.0349. The van der Waals surface area contributed by atoms with E-state index in [0.29, 0.717) is 10.8 Å². The summed E-state index contributed by atoms with van der Waals surface area (Å²) in [5.41, 5.74) is 0.0372. The van der Waals surface area contributed by atoms with Gasteiger partial charge in [-0.3, -0.25) is 19.7 Å². The molecule has 1 rings (SSSR count). The van der Waals surface area contributed by atoms with Crippen LogP contribution in [0.1, 0.15) is 37.6 Å². The predicted octanol–water partition coefficient (Wildman–Crippen LogP) is 3.18. The Hall–Kier alpha value is -2.09. The van der Waals surface area contributed by atoms with E-state index in [1.165, 1.54) is 30.8 Å². The molecule has 0 bridgehead atoms. The number of rotatable bonds is 9. The SMILES string of the molecule is CC(C)CCSc1ccc(C(=O)NCC(C)C(=O)O)cc1[N+](=O)[O-]. The van der Waals surface area contributed by atoms with Gasteiger partial charge in [-0.15, -0.1) is 11.8 Å². The Morgan fingerprint density at radius 3 is 2.54 bits per heavy atom. The fraction of sp³-hybridized carbons (Fsp3) is 0.500. The number of benzene rings is 1. The monoisotopic (exact) mass is 354 g/mol. The Morgan fingerprint density at radius 1 is 1.33 bits per heavy atom. The maximum Gasteiger partial charge on any atom is 0.308 e. The molecule has 24 heavy (non-hydrogen) atoms. The number of nitrogens with one attached hydrogen (secondary N) is 1. The number of aliphatic carboxylic acids is 1. The molecule has 132 valence electrons. The zero-order chi connectivity index (χ0) is 18.3. The van der Waals surface area contributed by atoms with Gasteiger partial charge in [-0.1, -0.05) is 20.8 Å². The van der Waals surface area contributed by atoms with Gasteiger partial charge in [-0.05, 0) is 30.2 Å². The highest BCUT2D eigenvalue weighted by atomic mass is 32.2. The van der Waals surface area contributed by atoms with Crippen molar-refractivity contribution in [3.8, 4) is 0 Å². The van der Waals surface area contributed by atoms with Crippen molar-refractivity contribution in [2.75, 3.05) is 12.3 Å². The molecule has 0 saturated carbocycles. The fourth-order valence-electron chi connectivity index (χ4n) is 1.76. The third kappa shape index (κ3) is 6.19. The molecule has 0 aromatic heterocycles. The van der Waals surface area contributed by atoms with Gasteiger partial charge in [0.05, 0.1) is 15.7 Å². The summed E-state index contributed by atoms with van der Waals surface area (Å²) in [6.45, 7) is 5.60. The van der Waals surface area contributed by atoms with Crippen molar-refractivity contribution in [2.45, 2.75) is 32.1 Å². The van der Waals surface area contributed by atoms with E-state index in [1.807, 2.05) is 0 Å². The topological polar surface area (TPSA) is 110 Å². The molecule has 0 saturated heterocycles. The number of carbonyl (C=O) groups excluding carboxylic acids is 1. The van der Waals surface area contributed by atoms with Crippen LogP contribution in [0.2, 0.25) is 0 Å². The second kappa shape index (κ2) is 9.27. The molecule has 1 aromatic carbocycles. The standard InChI is InChI=1S/C16H22N2O5S/c1-10(2)6-7-24-14-5-4-12(8-13(14)18(22)23)15(19)17-9-11(3)16(20)21/h4-5,8,10-11H,6-7,9H2,1-3H3,(H,17,19)(H,20,21). The Morgan fingerprint density at radius 2 is 2.00 bits per heavy atom. The first-order valence-corrected chi connectivity index (χ1v) is 8.63. The Kier molecular flexibility index (Phi) is 7.70. The molecule has 0 fully saturated rings. The average molecular weight is 354 g/mol. The molecule has 0 heterocycles. The zero-order valence-corrected chi connectivity index (χ0v) is 14.8. The summed E-state index contributed by atoms with van der Waals surface area (Å²) in [6, 6.07) is 4.32. The summed E-state index contributed by atoms with van der Waals surface area (Å²) in [4.78, 5) is 34.0. The number of nitrogens with zero attached hydrogens (tertiary/aromatic N) is 1. The van der Waals surface area contributed by atoms with Gasteiger partial charge < -0.3 is 10.4 Å². The van der Waals surface area contributed by atoms with Crippen molar-refractivity contribution in [1.82, 2.24) is 5.32 Å². The molecule has 1 amide bonds. The molecule has 1 atom stereocenters. The molecule has 0 aliphatic rings. The van der Waals surface area contributed by atoms with Crippen LogP contribution >= 0.6 is 11.8 Å². The second-order valence-corrected chi connectivity index (χ2v) is 7.06. The molecule has 0 aliphatic heterocycles. The first-order chi connectivity index (χ1) is 11.2. The van der Waals surface area contributed by atoms with Crippen molar-refractivity contribution in [3.63, 3.8) is 0 Å². The van der Waals surface area contributed by atoms with Crippen molar-refractivity contribution in [2.24, 2.45) is 11.8 Å². The molecule has 7 nitrogen and oxygen atoms in total. The first-order valence-electron chi connectivity index (χ1n) is 7.64. The summed E-state index contributed by atoms with van der Waals surface area (Å²) in [5.74, 6) is -0.990. The van der Waals surface area contributed by atoms with Crippen molar-refractivity contribution in [1.29, 1.82) is 0 Å². The lowest BCUT2D eigenvalue weighted by Gasteiger charge is -2.10. The van der Waals surface area contributed by atoms with Gasteiger partial charge in [-0.25, -0.2) is 0 Å². The molecule has 0 aliphatic carbocycles. The molecule has 2 N–H and O–H groups in total. The van der Waals surface area contributed by atoms with Gasteiger partial charge in [0.2, 0.25) is 0 Å². The molecule has 0 radical (unpaired) electrons. The van der Waals surface area contributed by atoms with Gasteiger partial charge in [0.15, 0.2) is 0 Å². The van der Waals surface area contributed by atoms with E-state index >= 15 is 0 Å². The number of nitro benzene ring substituents is 1. The first kappa shape index (κ1) is 20.0. The third-order valence-electron chi connectivity index (χ3n) is 3.36. The van der Waals surface area contributed by atoms with E-state index < -0.39 is 22.7 Å². The number of carbonyl (C=O) groups is 2. The van der Waals surface area contributed by atoms with Crippen LogP contribution in [-0.2, 0) is 4.79 Å². The van der Waals surface area contributed by atoms with Crippen LogP contribution in [0.3, 0.4) is 0 Å². The summed E-state index contributed by atoms with van der Waals surface area (Å²) in [7, 11) is 0. The zero-order valence-electron chi connectivity index (χ0n) is 13.9. The third-order valence-corrected chi connectivity index (χ3v) is 4.46. The Balaban J connectivity index is 2.83. The van der Waals surface area contributed by atoms with E-state index in [2.05, 4.69) is 19.2 Å². The smallest absolute Gasteiger partial charge is 0.308 e. The van der Waals surface area contributed by atoms with Crippen LogP contribution in [-0.4, -0.2) is 34.2 Å². The van der Waals surface area contributed by atoms with Crippen molar-refractivity contribution >= 4 is 29.3 Å². The van der Waals surface area contributed by atoms with Crippen LogP contribution in [0.5, 0.6) is 0 Å². The maximum absolute atomic E-state index is 12.0. The van der Waals surface area contributed by atoms with Crippen LogP contribution in [0.4, 0.5) is 5.69 Å². The highest BCUT2D eigenvalue weighted by molar-refractivity contribution is 7.99. The Labute approximate surface area is 145 Å². The number of thioether (sulfide) groups is 1. The van der Waals surface area contributed by atoms with Crippen LogP contribution < -0.4 is 5.32 Å². The normalized spacial score (nSPS) is 12.0. The predicted molar refractivity (Wildman–Crippen MR) is 92.4 cm³/mol. The van der Waals surface area contributed by atoms with Crippen molar-refractivity contribution < 1.29 is 19.6 Å². The largest absolute Gasteiger partial charge is 0.481 e. The lowest BCUT2D eigenvalue weighted by molar-refractivity contribution is -0.387.